The lowest BCUT2D eigenvalue weighted by Crippen LogP contribution is -2.56. The quantitative estimate of drug-likeness (QED) is 0.180. The van der Waals surface area contributed by atoms with Gasteiger partial charge < -0.3 is 9.47 Å². The third-order valence-corrected chi connectivity index (χ3v) is 12.2. The van der Waals surface area contributed by atoms with Crippen molar-refractivity contribution in [3.8, 4) is 0 Å². The molecule has 0 aromatic heterocycles. The van der Waals surface area contributed by atoms with Crippen molar-refractivity contribution in [2.24, 2.45) is 28.1 Å². The van der Waals surface area contributed by atoms with Crippen molar-refractivity contribution in [3.63, 3.8) is 0 Å². The second-order valence-electron chi connectivity index (χ2n) is 14.6. The van der Waals surface area contributed by atoms with Crippen molar-refractivity contribution in [1.82, 2.24) is 0 Å². The molecule has 4 rings (SSSR count). The number of allylic oxidation sites excluding steroid dienone is 3. The minimum absolute atomic E-state index is 0.0471. The summed E-state index contributed by atoms with van der Waals surface area (Å²) in [5.41, 5.74) is 5.33. The van der Waals surface area contributed by atoms with E-state index in [1.54, 1.807) is 24.9 Å². The van der Waals surface area contributed by atoms with E-state index in [1.807, 2.05) is 19.1 Å². The highest BCUT2D eigenvalue weighted by Crippen LogP contribution is 2.83. The van der Waals surface area contributed by atoms with E-state index in [-0.39, 0.29) is 46.6 Å². The number of thioether (sulfide) groups is 1. The maximum Gasteiger partial charge on any atom is 0.185 e. The molecule has 1 aromatic rings. The Balaban J connectivity index is 1.95. The van der Waals surface area contributed by atoms with Crippen LogP contribution in [0.4, 0.5) is 0 Å². The van der Waals surface area contributed by atoms with Gasteiger partial charge in [-0.2, -0.15) is 0 Å². The van der Waals surface area contributed by atoms with Gasteiger partial charge in [-0.05, 0) is 132 Å². The van der Waals surface area contributed by atoms with Crippen molar-refractivity contribution in [3.05, 3.63) is 63.3 Å². The molecule has 0 bridgehead atoms. The van der Waals surface area contributed by atoms with Crippen LogP contribution in [0.25, 0.3) is 0 Å². The van der Waals surface area contributed by atoms with Gasteiger partial charge in [-0.3, -0.25) is 9.59 Å². The van der Waals surface area contributed by atoms with Crippen LogP contribution >= 0.6 is 11.8 Å². The molecule has 230 valence electrons. The number of hydrogen-bond donors (Lipinski definition) is 0. The van der Waals surface area contributed by atoms with Gasteiger partial charge in [0.2, 0.25) is 0 Å². The molecule has 5 heteroatoms. The van der Waals surface area contributed by atoms with Crippen LogP contribution in [0.5, 0.6) is 0 Å². The standard InChI is InChI=1S/C37H52O4S/c1-20-17-27(18-21(2)31(20)42-14)28(38)15-16-36(26(7)23(4)22(3)24(5)33(36)40-13)37-30(35(37,11)12)19-29(25(6)32(37)39)41-34(8,9)10/h15-18,25,29-30,33H,19H2,1-14H3. The minimum Gasteiger partial charge on any atom is -0.376 e. The number of rotatable bonds is 7. The molecular formula is C37H52O4S. The van der Waals surface area contributed by atoms with Gasteiger partial charge in [0.1, 0.15) is 5.78 Å². The van der Waals surface area contributed by atoms with Gasteiger partial charge in [0.05, 0.1) is 28.6 Å². The van der Waals surface area contributed by atoms with E-state index < -0.39 is 10.8 Å². The van der Waals surface area contributed by atoms with Crippen LogP contribution in [0, 0.1) is 41.9 Å². The molecule has 1 aromatic carbocycles. The zero-order chi connectivity index (χ0) is 31.7. The van der Waals surface area contributed by atoms with Crippen LogP contribution in [0.15, 0.2) is 51.5 Å². The van der Waals surface area contributed by atoms with E-state index in [0.29, 0.717) is 5.56 Å². The van der Waals surface area contributed by atoms with E-state index in [9.17, 15) is 9.59 Å². The van der Waals surface area contributed by atoms with Crippen LogP contribution in [-0.2, 0) is 14.3 Å². The third kappa shape index (κ3) is 4.56. The van der Waals surface area contributed by atoms with Gasteiger partial charge >= 0.3 is 0 Å². The molecule has 2 saturated carbocycles. The summed E-state index contributed by atoms with van der Waals surface area (Å²) < 4.78 is 12.9. The summed E-state index contributed by atoms with van der Waals surface area (Å²) in [6.45, 7) is 25.4. The van der Waals surface area contributed by atoms with Crippen molar-refractivity contribution in [2.45, 2.75) is 112 Å². The van der Waals surface area contributed by atoms with Crippen LogP contribution in [0.1, 0.15) is 97.1 Å². The molecule has 4 nitrogen and oxygen atoms in total. The summed E-state index contributed by atoms with van der Waals surface area (Å²) in [4.78, 5) is 30.1. The molecule has 0 aliphatic heterocycles. The van der Waals surface area contributed by atoms with Crippen molar-refractivity contribution >= 4 is 23.3 Å². The van der Waals surface area contributed by atoms with Gasteiger partial charge in [-0.15, -0.1) is 11.8 Å². The Kier molecular flexibility index (Phi) is 8.54. The number of Topliss-reactive ketones (excluding diaryl/α,β-unsaturated/α-hetero) is 1. The second-order valence-corrected chi connectivity index (χ2v) is 15.4. The number of benzene rings is 1. The molecule has 6 atom stereocenters. The van der Waals surface area contributed by atoms with E-state index >= 15 is 0 Å². The Morgan fingerprint density at radius 3 is 2.10 bits per heavy atom. The number of methoxy groups -OCH3 is 1. The molecule has 0 N–H and O–H groups in total. The molecular weight excluding hydrogens is 540 g/mol. The predicted molar refractivity (Wildman–Crippen MR) is 174 cm³/mol. The summed E-state index contributed by atoms with van der Waals surface area (Å²) in [7, 11) is 1.75. The fourth-order valence-corrected chi connectivity index (χ4v) is 9.74. The molecule has 0 heterocycles. The Morgan fingerprint density at radius 1 is 1.02 bits per heavy atom. The lowest BCUT2D eigenvalue weighted by molar-refractivity contribution is -0.154. The monoisotopic (exact) mass is 592 g/mol. The topological polar surface area (TPSA) is 52.6 Å². The van der Waals surface area contributed by atoms with Gasteiger partial charge in [-0.1, -0.05) is 32.4 Å². The summed E-state index contributed by atoms with van der Waals surface area (Å²) in [6, 6.07) is 3.97. The number of fused-ring (bicyclic) bond motifs is 1. The normalized spacial score (nSPS) is 33.0. The molecule has 3 aliphatic carbocycles. The minimum atomic E-state index is -0.805. The number of carbonyl (C=O) groups is 2. The molecule has 2 fully saturated rings. The first-order chi connectivity index (χ1) is 19.3. The first-order valence-electron chi connectivity index (χ1n) is 15.3. The molecule has 42 heavy (non-hydrogen) atoms. The summed E-state index contributed by atoms with van der Waals surface area (Å²) in [5.74, 6) is 0.00470. The number of hydrogen-bond acceptors (Lipinski definition) is 5. The first kappa shape index (κ1) is 33.0. The number of aryl methyl sites for hydroxylation is 2. The third-order valence-electron chi connectivity index (χ3n) is 11.1. The number of ether oxygens (including phenoxy) is 2. The number of ketones is 2. The Hall–Kier alpha value is -1.95. The first-order valence-corrected chi connectivity index (χ1v) is 16.6. The van der Waals surface area contributed by atoms with Gasteiger partial charge in [0.15, 0.2) is 5.78 Å². The summed E-state index contributed by atoms with van der Waals surface area (Å²) >= 11 is 1.70. The zero-order valence-electron chi connectivity index (χ0n) is 28.4. The molecule has 6 unspecified atom stereocenters. The summed E-state index contributed by atoms with van der Waals surface area (Å²) in [5, 5.41) is 0. The van der Waals surface area contributed by atoms with Crippen LogP contribution in [-0.4, -0.2) is 42.7 Å². The highest BCUT2D eigenvalue weighted by atomic mass is 32.2. The van der Waals surface area contributed by atoms with Crippen LogP contribution in [0.2, 0.25) is 0 Å². The molecule has 0 amide bonds. The van der Waals surface area contributed by atoms with Gasteiger partial charge in [-0.25, -0.2) is 0 Å². The molecule has 3 aliphatic rings. The lowest BCUT2D eigenvalue weighted by atomic mass is 9.52. The fourth-order valence-electron chi connectivity index (χ4n) is 8.97. The zero-order valence-corrected chi connectivity index (χ0v) is 29.2. The largest absolute Gasteiger partial charge is 0.376 e. The van der Waals surface area contributed by atoms with Crippen molar-refractivity contribution in [1.29, 1.82) is 0 Å². The Morgan fingerprint density at radius 2 is 1.60 bits per heavy atom. The van der Waals surface area contributed by atoms with E-state index in [4.69, 9.17) is 9.47 Å². The van der Waals surface area contributed by atoms with Crippen molar-refractivity contribution in [2.75, 3.05) is 13.4 Å². The van der Waals surface area contributed by atoms with E-state index in [0.717, 1.165) is 28.7 Å². The van der Waals surface area contributed by atoms with E-state index in [1.165, 1.54) is 16.0 Å². The average Bonchev–Trinajstić information content (AvgIpc) is 3.41. The van der Waals surface area contributed by atoms with Gasteiger partial charge in [0, 0.05) is 23.5 Å². The highest BCUT2D eigenvalue weighted by Gasteiger charge is 2.85. The highest BCUT2D eigenvalue weighted by molar-refractivity contribution is 7.98. The smallest absolute Gasteiger partial charge is 0.185 e. The average molecular weight is 593 g/mol. The molecule has 0 saturated heterocycles. The Labute approximate surface area is 258 Å². The van der Waals surface area contributed by atoms with Gasteiger partial charge in [0.25, 0.3) is 0 Å². The van der Waals surface area contributed by atoms with Crippen molar-refractivity contribution < 1.29 is 19.1 Å². The number of carbonyl (C=O) groups excluding carboxylic acids is 2. The fraction of sp³-hybridized carbons (Fsp3) is 0.622. The Bertz CT molecular complexity index is 1380. The maximum absolute atomic E-state index is 15.0. The van der Waals surface area contributed by atoms with E-state index in [2.05, 4.69) is 88.5 Å². The predicted octanol–water partition coefficient (Wildman–Crippen LogP) is 8.89. The summed E-state index contributed by atoms with van der Waals surface area (Å²) in [6.07, 6.45) is 6.17. The lowest BCUT2D eigenvalue weighted by Gasteiger charge is -2.52. The molecule has 0 radical (unpaired) electrons. The second kappa shape index (κ2) is 10.9. The van der Waals surface area contributed by atoms with Crippen LogP contribution in [0.3, 0.4) is 0 Å². The SMILES string of the molecule is COC1C(C)=C(C)C(C)=C(C)C1(C=CC(=O)c1cc(C)c(SC)c(C)c1)C12C(=O)C(C)C(OC(C)(C)C)CC1C2(C)C. The van der Waals surface area contributed by atoms with Crippen LogP contribution < -0.4 is 0 Å². The molecule has 0 spiro atoms. The maximum atomic E-state index is 15.0.